The molecule has 2 N–H and O–H groups in total. The van der Waals surface area contributed by atoms with Gasteiger partial charge in [-0.15, -0.1) is 24.0 Å². The van der Waals surface area contributed by atoms with E-state index >= 15 is 0 Å². The molecule has 0 aromatic heterocycles. The van der Waals surface area contributed by atoms with E-state index in [-0.39, 0.29) is 40.7 Å². The van der Waals surface area contributed by atoms with Crippen LogP contribution in [-0.2, 0) is 9.84 Å². The molecule has 128 valence electrons. The first-order valence-corrected chi connectivity index (χ1v) is 9.15. The maximum absolute atomic E-state index is 11.2. The average molecular weight is 433 g/mol. The van der Waals surface area contributed by atoms with Crippen LogP contribution in [0.3, 0.4) is 0 Å². The van der Waals surface area contributed by atoms with Crippen molar-refractivity contribution >= 4 is 39.8 Å². The van der Waals surface area contributed by atoms with Crippen LogP contribution in [0.5, 0.6) is 0 Å². The number of aliphatic imine (C=N–C) groups is 1. The molecule has 0 aromatic carbocycles. The number of guanidine groups is 1. The Bertz CT molecular complexity index is 426. The molecule has 0 atom stereocenters. The lowest BCUT2D eigenvalue weighted by Crippen LogP contribution is -2.48. The van der Waals surface area contributed by atoms with E-state index in [0.717, 1.165) is 12.5 Å². The van der Waals surface area contributed by atoms with Crippen LogP contribution in [0.4, 0.5) is 0 Å². The second-order valence-corrected chi connectivity index (χ2v) is 9.37. The second kappa shape index (κ2) is 9.17. The third-order valence-electron chi connectivity index (χ3n) is 2.65. The molecular formula is C14H32IN3O2S. The first-order valence-electron chi connectivity index (χ1n) is 7.09. The highest BCUT2D eigenvalue weighted by Gasteiger charge is 2.20. The van der Waals surface area contributed by atoms with Gasteiger partial charge in [0, 0.05) is 24.9 Å². The number of rotatable bonds is 6. The van der Waals surface area contributed by atoms with Crippen LogP contribution < -0.4 is 10.6 Å². The predicted octanol–water partition coefficient (Wildman–Crippen LogP) is 2.42. The van der Waals surface area contributed by atoms with Gasteiger partial charge in [0.15, 0.2) is 5.96 Å². The molecule has 0 saturated carbocycles. The van der Waals surface area contributed by atoms with E-state index in [9.17, 15) is 8.42 Å². The lowest BCUT2D eigenvalue weighted by Gasteiger charge is -2.26. The van der Waals surface area contributed by atoms with Gasteiger partial charge in [0.25, 0.3) is 0 Å². The van der Waals surface area contributed by atoms with Crippen LogP contribution >= 0.6 is 24.0 Å². The van der Waals surface area contributed by atoms with Crippen molar-refractivity contribution < 1.29 is 8.42 Å². The Hall–Kier alpha value is -0.0500. The third kappa shape index (κ3) is 14.6. The summed E-state index contributed by atoms with van der Waals surface area (Å²) in [6, 6.07) is 0. The van der Waals surface area contributed by atoms with Crippen molar-refractivity contribution in [3.63, 3.8) is 0 Å². The summed E-state index contributed by atoms with van der Waals surface area (Å²) in [5, 5.41) is 6.53. The monoisotopic (exact) mass is 433 g/mol. The molecule has 21 heavy (non-hydrogen) atoms. The normalized spacial score (nSPS) is 13.6. The number of nitrogens with zero attached hydrogens (tertiary/aromatic N) is 1. The van der Waals surface area contributed by atoms with Gasteiger partial charge in [0.2, 0.25) is 0 Å². The summed E-state index contributed by atoms with van der Waals surface area (Å²) in [5.74, 6) is 0.978. The highest BCUT2D eigenvalue weighted by Crippen LogP contribution is 2.21. The Morgan fingerprint density at radius 1 is 1.14 bits per heavy atom. The zero-order valence-corrected chi connectivity index (χ0v) is 17.6. The Morgan fingerprint density at radius 2 is 1.67 bits per heavy atom. The molecule has 0 aliphatic heterocycles. The van der Waals surface area contributed by atoms with E-state index in [2.05, 4.69) is 36.4 Å². The van der Waals surface area contributed by atoms with Gasteiger partial charge in [-0.25, -0.2) is 8.42 Å². The maximum Gasteiger partial charge on any atom is 0.191 e. The SMILES string of the molecule is CCNC(=NCC(C)(C)CCS(C)(=O)=O)NC(C)(C)C.I. The van der Waals surface area contributed by atoms with Gasteiger partial charge in [0.1, 0.15) is 9.84 Å². The minimum absolute atomic E-state index is 0. The van der Waals surface area contributed by atoms with E-state index in [1.165, 1.54) is 6.26 Å². The standard InChI is InChI=1S/C14H31N3O2S.HI/c1-8-15-12(17-13(2,3)4)16-11-14(5,6)9-10-20(7,18)19;/h8-11H2,1-7H3,(H2,15,16,17);1H. The van der Waals surface area contributed by atoms with Crippen molar-refractivity contribution in [3.8, 4) is 0 Å². The summed E-state index contributed by atoms with van der Waals surface area (Å²) in [5.41, 5.74) is -0.193. The summed E-state index contributed by atoms with van der Waals surface area (Å²) in [6.45, 7) is 13.7. The fraction of sp³-hybridized carbons (Fsp3) is 0.929. The molecule has 0 aliphatic rings. The van der Waals surface area contributed by atoms with Crippen molar-refractivity contribution in [2.75, 3.05) is 25.1 Å². The number of halogens is 1. The largest absolute Gasteiger partial charge is 0.357 e. The predicted molar refractivity (Wildman–Crippen MR) is 102 cm³/mol. The molecule has 0 aromatic rings. The van der Waals surface area contributed by atoms with Crippen molar-refractivity contribution in [3.05, 3.63) is 0 Å². The summed E-state index contributed by atoms with van der Waals surface area (Å²) < 4.78 is 22.5. The Kier molecular flexibility index (Phi) is 10.1. The van der Waals surface area contributed by atoms with E-state index in [4.69, 9.17) is 0 Å². The van der Waals surface area contributed by atoms with E-state index in [1.807, 2.05) is 20.8 Å². The number of hydrogen-bond acceptors (Lipinski definition) is 3. The van der Waals surface area contributed by atoms with Crippen molar-refractivity contribution in [1.82, 2.24) is 10.6 Å². The van der Waals surface area contributed by atoms with Crippen LogP contribution in [0.25, 0.3) is 0 Å². The molecule has 0 fully saturated rings. The quantitative estimate of drug-likeness (QED) is 0.384. The fourth-order valence-corrected chi connectivity index (χ4v) is 2.42. The molecule has 0 spiro atoms. The van der Waals surface area contributed by atoms with Crippen LogP contribution in [0.15, 0.2) is 4.99 Å². The molecule has 5 nitrogen and oxygen atoms in total. The molecule has 0 bridgehead atoms. The zero-order chi connectivity index (χ0) is 16.0. The summed E-state index contributed by atoms with van der Waals surface area (Å²) >= 11 is 0. The maximum atomic E-state index is 11.2. The topological polar surface area (TPSA) is 70.6 Å². The fourth-order valence-electron chi connectivity index (χ4n) is 1.50. The number of hydrogen-bond donors (Lipinski definition) is 2. The lowest BCUT2D eigenvalue weighted by atomic mass is 9.90. The molecule has 0 rings (SSSR count). The van der Waals surface area contributed by atoms with Crippen LogP contribution in [0.2, 0.25) is 0 Å². The Labute approximate surface area is 147 Å². The van der Waals surface area contributed by atoms with Crippen LogP contribution in [-0.4, -0.2) is 45.0 Å². The minimum Gasteiger partial charge on any atom is -0.357 e. The summed E-state index contributed by atoms with van der Waals surface area (Å²) in [4.78, 5) is 4.57. The first-order chi connectivity index (χ1) is 8.85. The zero-order valence-electron chi connectivity index (χ0n) is 14.4. The molecule has 0 unspecified atom stereocenters. The number of sulfone groups is 1. The van der Waals surface area contributed by atoms with Gasteiger partial charge < -0.3 is 10.6 Å². The molecule has 0 saturated heterocycles. The van der Waals surface area contributed by atoms with Crippen molar-refractivity contribution in [1.29, 1.82) is 0 Å². The molecule has 7 heteroatoms. The summed E-state index contributed by atoms with van der Waals surface area (Å²) in [7, 11) is -2.91. The van der Waals surface area contributed by atoms with Gasteiger partial charge in [-0.2, -0.15) is 0 Å². The molecule has 0 radical (unpaired) electrons. The first kappa shape index (κ1) is 23.2. The molecule has 0 heterocycles. The van der Waals surface area contributed by atoms with Gasteiger partial charge >= 0.3 is 0 Å². The van der Waals surface area contributed by atoms with E-state index in [1.54, 1.807) is 0 Å². The highest BCUT2D eigenvalue weighted by molar-refractivity contribution is 14.0. The Balaban J connectivity index is 0. The minimum atomic E-state index is -2.91. The van der Waals surface area contributed by atoms with Crippen molar-refractivity contribution in [2.24, 2.45) is 10.4 Å². The second-order valence-electron chi connectivity index (χ2n) is 7.11. The van der Waals surface area contributed by atoms with Gasteiger partial charge in [-0.05, 0) is 39.5 Å². The Morgan fingerprint density at radius 3 is 2.05 bits per heavy atom. The smallest absolute Gasteiger partial charge is 0.191 e. The average Bonchev–Trinajstić information content (AvgIpc) is 2.21. The molecular weight excluding hydrogens is 401 g/mol. The number of nitrogens with one attached hydrogen (secondary N) is 2. The van der Waals surface area contributed by atoms with Gasteiger partial charge in [-0.3, -0.25) is 4.99 Å². The van der Waals surface area contributed by atoms with Crippen molar-refractivity contribution in [2.45, 2.75) is 53.5 Å². The van der Waals surface area contributed by atoms with E-state index in [0.29, 0.717) is 13.0 Å². The highest BCUT2D eigenvalue weighted by atomic mass is 127. The van der Waals surface area contributed by atoms with Gasteiger partial charge in [-0.1, -0.05) is 13.8 Å². The molecule has 0 aliphatic carbocycles. The van der Waals surface area contributed by atoms with Crippen LogP contribution in [0.1, 0.15) is 48.0 Å². The van der Waals surface area contributed by atoms with Crippen LogP contribution in [0, 0.1) is 5.41 Å². The summed E-state index contributed by atoms with van der Waals surface area (Å²) in [6.07, 6.45) is 1.89. The van der Waals surface area contributed by atoms with E-state index < -0.39 is 9.84 Å². The molecule has 0 amide bonds. The lowest BCUT2D eigenvalue weighted by molar-refractivity contribution is 0.364. The van der Waals surface area contributed by atoms with Gasteiger partial charge in [0.05, 0.1) is 5.75 Å². The third-order valence-corrected chi connectivity index (χ3v) is 3.60.